The molecule has 0 atom stereocenters. The number of aliphatic hydroxyl groups is 2. The van der Waals surface area contributed by atoms with Crippen molar-refractivity contribution in [1.82, 2.24) is 25.4 Å². The number of nitrogens with one attached hydrogen (secondary N) is 3. The molecule has 2 aromatic heterocycles. The molecule has 1 aromatic carbocycles. The highest BCUT2D eigenvalue weighted by Gasteiger charge is 2.31. The third kappa shape index (κ3) is 3.80. The van der Waals surface area contributed by atoms with Crippen molar-refractivity contribution < 1.29 is 15.0 Å². The second kappa shape index (κ2) is 9.31. The lowest BCUT2D eigenvalue weighted by Crippen LogP contribution is -2.25. The summed E-state index contributed by atoms with van der Waals surface area (Å²) in [5, 5.41) is 33.1. The van der Waals surface area contributed by atoms with E-state index in [0.29, 0.717) is 50.4 Å². The van der Waals surface area contributed by atoms with E-state index in [1.165, 1.54) is 0 Å². The van der Waals surface area contributed by atoms with Gasteiger partial charge in [0.15, 0.2) is 5.78 Å². The van der Waals surface area contributed by atoms with E-state index in [1.807, 2.05) is 16.8 Å². The maximum absolute atomic E-state index is 13.4. The number of aromatic nitrogens is 3. The minimum absolute atomic E-state index is 0.0331. The highest BCUT2D eigenvalue weighted by Crippen LogP contribution is 2.41. The summed E-state index contributed by atoms with van der Waals surface area (Å²) in [6, 6.07) is 5.66. The number of rotatable bonds is 11. The number of nitrogens with zero attached hydrogens (tertiary/aromatic N) is 3. The summed E-state index contributed by atoms with van der Waals surface area (Å²) in [4.78, 5) is 17.6. The van der Waals surface area contributed by atoms with Crippen LogP contribution in [0.3, 0.4) is 0 Å². The average molecular weight is 410 g/mol. The molecule has 0 aliphatic heterocycles. The Morgan fingerprint density at radius 2 is 1.73 bits per heavy atom. The molecule has 0 fully saturated rings. The quantitative estimate of drug-likeness (QED) is 0.223. The fraction of sp³-hybridized carbons (Fsp3) is 0.381. The van der Waals surface area contributed by atoms with Crippen LogP contribution in [0.25, 0.3) is 22.2 Å². The van der Waals surface area contributed by atoms with Crippen LogP contribution in [0.4, 0.5) is 5.69 Å². The van der Waals surface area contributed by atoms with Crippen LogP contribution in [0.5, 0.6) is 0 Å². The van der Waals surface area contributed by atoms with Gasteiger partial charge in [0.2, 0.25) is 0 Å². The van der Waals surface area contributed by atoms with Gasteiger partial charge in [-0.15, -0.1) is 0 Å². The fourth-order valence-corrected chi connectivity index (χ4v) is 3.81. The van der Waals surface area contributed by atoms with E-state index in [9.17, 15) is 4.79 Å². The van der Waals surface area contributed by atoms with Crippen LogP contribution in [0.15, 0.2) is 30.6 Å². The number of carbonyl (C=O) groups excluding carboxylic acids is 1. The Balaban J connectivity index is 1.72. The first-order chi connectivity index (χ1) is 14.8. The molecule has 0 saturated carbocycles. The van der Waals surface area contributed by atoms with Crippen LogP contribution >= 0.6 is 0 Å². The van der Waals surface area contributed by atoms with Crippen molar-refractivity contribution >= 4 is 22.4 Å². The zero-order chi connectivity index (χ0) is 20.9. The summed E-state index contributed by atoms with van der Waals surface area (Å²) in [5.41, 5.74) is 4.45. The highest BCUT2D eigenvalue weighted by molar-refractivity contribution is 6.27. The van der Waals surface area contributed by atoms with Gasteiger partial charge in [0.25, 0.3) is 0 Å². The highest BCUT2D eigenvalue weighted by atomic mass is 16.3. The molecule has 9 nitrogen and oxygen atoms in total. The van der Waals surface area contributed by atoms with Crippen molar-refractivity contribution in [2.75, 3.05) is 51.3 Å². The lowest BCUT2D eigenvalue weighted by molar-refractivity contribution is 0.104. The van der Waals surface area contributed by atoms with Gasteiger partial charge >= 0.3 is 0 Å². The molecular formula is C21H26N6O3. The van der Waals surface area contributed by atoms with Crippen LogP contribution in [0, 0.1) is 0 Å². The molecule has 0 spiro atoms. The molecule has 0 amide bonds. The Hall–Kier alpha value is -2.85. The van der Waals surface area contributed by atoms with E-state index in [0.717, 1.165) is 27.8 Å². The number of carbonyl (C=O) groups is 1. The molecule has 3 aromatic rings. The minimum Gasteiger partial charge on any atom is -0.395 e. The Kier molecular flexibility index (Phi) is 6.34. The number of ketones is 1. The molecule has 0 saturated heterocycles. The van der Waals surface area contributed by atoms with E-state index in [1.54, 1.807) is 18.5 Å². The van der Waals surface area contributed by atoms with Gasteiger partial charge in [-0.05, 0) is 18.2 Å². The third-order valence-electron chi connectivity index (χ3n) is 5.16. The van der Waals surface area contributed by atoms with Gasteiger partial charge in [-0.25, -0.2) is 0 Å². The van der Waals surface area contributed by atoms with Crippen LogP contribution < -0.4 is 16.0 Å². The number of pyridine rings is 1. The monoisotopic (exact) mass is 410 g/mol. The van der Waals surface area contributed by atoms with E-state index in [4.69, 9.17) is 15.3 Å². The molecular weight excluding hydrogens is 384 g/mol. The Morgan fingerprint density at radius 1 is 0.933 bits per heavy atom. The Bertz CT molecular complexity index is 1050. The summed E-state index contributed by atoms with van der Waals surface area (Å²) in [7, 11) is 0. The minimum atomic E-state index is -0.0331. The van der Waals surface area contributed by atoms with Crippen molar-refractivity contribution in [3.8, 4) is 11.3 Å². The van der Waals surface area contributed by atoms with Crippen LogP contribution in [-0.2, 0) is 6.54 Å². The molecule has 158 valence electrons. The molecule has 0 unspecified atom stereocenters. The van der Waals surface area contributed by atoms with E-state index < -0.39 is 0 Å². The number of hydrogen-bond donors (Lipinski definition) is 5. The number of fused-ring (bicyclic) bond motifs is 2. The molecule has 2 heterocycles. The van der Waals surface area contributed by atoms with Gasteiger partial charge in [0, 0.05) is 67.3 Å². The fourth-order valence-electron chi connectivity index (χ4n) is 3.81. The number of anilines is 1. The number of aliphatic hydroxyl groups excluding tert-OH is 2. The summed E-state index contributed by atoms with van der Waals surface area (Å²) >= 11 is 0. The van der Waals surface area contributed by atoms with E-state index in [2.05, 4.69) is 20.9 Å². The first-order valence-electron chi connectivity index (χ1n) is 10.2. The van der Waals surface area contributed by atoms with Crippen molar-refractivity contribution in [3.63, 3.8) is 0 Å². The molecule has 1 aliphatic carbocycles. The largest absolute Gasteiger partial charge is 0.395 e. The van der Waals surface area contributed by atoms with Gasteiger partial charge in [0.1, 0.15) is 5.69 Å². The van der Waals surface area contributed by atoms with Crippen molar-refractivity contribution in [2.45, 2.75) is 6.54 Å². The summed E-state index contributed by atoms with van der Waals surface area (Å²) < 4.78 is 1.90. The second-order valence-corrected chi connectivity index (χ2v) is 7.08. The third-order valence-corrected chi connectivity index (χ3v) is 5.16. The maximum atomic E-state index is 13.4. The lowest BCUT2D eigenvalue weighted by Gasteiger charge is -2.18. The van der Waals surface area contributed by atoms with Gasteiger partial charge in [-0.1, -0.05) is 0 Å². The van der Waals surface area contributed by atoms with Gasteiger partial charge in [-0.2, -0.15) is 5.10 Å². The first-order valence-corrected chi connectivity index (χ1v) is 10.2. The maximum Gasteiger partial charge on any atom is 0.196 e. The first kappa shape index (κ1) is 20.4. The molecule has 0 bridgehead atoms. The molecule has 1 aliphatic rings. The summed E-state index contributed by atoms with van der Waals surface area (Å²) in [5.74, 6) is -0.0331. The second-order valence-electron chi connectivity index (χ2n) is 7.08. The molecule has 5 N–H and O–H groups in total. The predicted molar refractivity (Wildman–Crippen MR) is 115 cm³/mol. The molecule has 30 heavy (non-hydrogen) atoms. The molecule has 4 rings (SSSR count). The van der Waals surface area contributed by atoms with Gasteiger partial charge in [-0.3, -0.25) is 14.5 Å². The smallest absolute Gasteiger partial charge is 0.196 e. The topological polar surface area (TPSA) is 124 Å². The lowest BCUT2D eigenvalue weighted by atomic mass is 9.87. The Morgan fingerprint density at radius 3 is 2.53 bits per heavy atom. The SMILES string of the molecule is O=C1c2ccncc2-c2nn(CCNCCO)c3ccc(NCCNCCO)c1c23. The Labute approximate surface area is 174 Å². The molecule has 0 radical (unpaired) electrons. The standard InChI is InChI=1S/C21H26N6O3/c28-11-8-22-5-6-25-16-1-2-17-19-18(16)21(30)14-3-4-24-13-15(14)20(19)26-27(17)10-7-23-9-12-29/h1-4,13,22-23,25,28-29H,5-12H2. The van der Waals surface area contributed by atoms with Crippen molar-refractivity contribution in [3.05, 3.63) is 41.7 Å². The zero-order valence-corrected chi connectivity index (χ0v) is 16.7. The van der Waals surface area contributed by atoms with Crippen LogP contribution in [0.1, 0.15) is 15.9 Å². The number of benzene rings is 1. The predicted octanol–water partition coefficient (Wildman–Crippen LogP) is 0.218. The molecule has 9 heteroatoms. The van der Waals surface area contributed by atoms with Gasteiger partial charge < -0.3 is 26.2 Å². The van der Waals surface area contributed by atoms with Crippen molar-refractivity contribution in [1.29, 1.82) is 0 Å². The zero-order valence-electron chi connectivity index (χ0n) is 16.7. The van der Waals surface area contributed by atoms with E-state index in [-0.39, 0.29) is 19.0 Å². The summed E-state index contributed by atoms with van der Waals surface area (Å²) in [6.45, 7) is 3.84. The van der Waals surface area contributed by atoms with E-state index >= 15 is 0 Å². The average Bonchev–Trinajstić information content (AvgIpc) is 3.14. The number of hydrogen-bond acceptors (Lipinski definition) is 8. The van der Waals surface area contributed by atoms with Crippen molar-refractivity contribution in [2.24, 2.45) is 0 Å². The van der Waals surface area contributed by atoms with Crippen LogP contribution in [0.2, 0.25) is 0 Å². The normalized spacial score (nSPS) is 12.4. The summed E-state index contributed by atoms with van der Waals surface area (Å²) in [6.07, 6.45) is 3.33. The van der Waals surface area contributed by atoms with Crippen LogP contribution in [-0.4, -0.2) is 76.7 Å². The van der Waals surface area contributed by atoms with Gasteiger partial charge in [0.05, 0.1) is 30.8 Å².